The third kappa shape index (κ3) is 2.17. The number of nitrogens with zero attached hydrogens (tertiary/aromatic N) is 3. The summed E-state index contributed by atoms with van der Waals surface area (Å²) in [6, 6.07) is 6.25. The summed E-state index contributed by atoms with van der Waals surface area (Å²) in [5.41, 5.74) is 3.58. The Bertz CT molecular complexity index is 1170. The number of rotatable bonds is 2. The van der Waals surface area contributed by atoms with Crippen LogP contribution in [0.3, 0.4) is 0 Å². The van der Waals surface area contributed by atoms with Crippen LogP contribution in [0.1, 0.15) is 11.3 Å². The van der Waals surface area contributed by atoms with Crippen molar-refractivity contribution in [3.05, 3.63) is 52.5 Å². The summed E-state index contributed by atoms with van der Waals surface area (Å²) in [5, 5.41) is 10.0. The second-order valence-corrected chi connectivity index (χ2v) is 7.94. The number of amides is 1. The molecule has 1 atom stereocenters. The zero-order chi connectivity index (χ0) is 18.0. The third-order valence-corrected chi connectivity index (χ3v) is 6.34. The molecule has 1 N–H and O–H groups in total. The number of imidazole rings is 1. The highest BCUT2D eigenvalue weighted by molar-refractivity contribution is 8.03. The molecule has 5 rings (SSSR count). The Morgan fingerprint density at radius 3 is 3.08 bits per heavy atom. The number of aryl methyl sites for hydroxylation is 1. The van der Waals surface area contributed by atoms with Gasteiger partial charge in [0.2, 0.25) is 5.88 Å². The van der Waals surface area contributed by atoms with Crippen LogP contribution in [0.2, 0.25) is 0 Å². The van der Waals surface area contributed by atoms with Gasteiger partial charge in [-0.25, -0.2) is 9.78 Å². The predicted octanol–water partition coefficient (Wildman–Crippen LogP) is 3.65. The number of hydrogen-bond acceptors (Lipinski definition) is 6. The van der Waals surface area contributed by atoms with Gasteiger partial charge in [-0.15, -0.1) is 0 Å². The molecule has 2 aromatic heterocycles. The largest absolute Gasteiger partial charge is 0.512 e. The van der Waals surface area contributed by atoms with E-state index in [1.165, 1.54) is 26.9 Å². The topological polar surface area (TPSA) is 84.1 Å². The molecule has 1 fully saturated rings. The minimum Gasteiger partial charge on any atom is -0.449 e. The van der Waals surface area contributed by atoms with Crippen molar-refractivity contribution in [3.63, 3.8) is 0 Å². The summed E-state index contributed by atoms with van der Waals surface area (Å²) in [7, 11) is 0. The van der Waals surface area contributed by atoms with Gasteiger partial charge in [0.05, 0.1) is 21.5 Å². The summed E-state index contributed by atoms with van der Waals surface area (Å²) in [4.78, 5) is 29.8. The maximum atomic E-state index is 12.3. The van der Waals surface area contributed by atoms with Crippen LogP contribution in [0.4, 0.5) is 4.79 Å². The first-order valence-corrected chi connectivity index (χ1v) is 9.47. The molecule has 0 aliphatic carbocycles. The van der Waals surface area contributed by atoms with Crippen molar-refractivity contribution in [1.29, 1.82) is 0 Å². The molecule has 1 saturated heterocycles. The molecule has 0 radical (unpaired) electrons. The van der Waals surface area contributed by atoms with Gasteiger partial charge < -0.3 is 9.84 Å². The molecule has 1 amide bonds. The predicted molar refractivity (Wildman–Crippen MR) is 98.7 cm³/mol. The van der Waals surface area contributed by atoms with Gasteiger partial charge in [-0.1, -0.05) is 29.2 Å². The van der Waals surface area contributed by atoms with E-state index in [2.05, 4.69) is 34.8 Å². The third-order valence-electron chi connectivity index (χ3n) is 4.27. The molecule has 130 valence electrons. The number of thioether (sulfide) groups is 1. The highest BCUT2D eigenvalue weighted by Crippen LogP contribution is 2.45. The van der Waals surface area contributed by atoms with Crippen LogP contribution in [0.5, 0.6) is 0 Å². The van der Waals surface area contributed by atoms with Crippen LogP contribution < -0.4 is 0 Å². The van der Waals surface area contributed by atoms with Crippen LogP contribution in [-0.2, 0) is 9.53 Å². The number of thiazole rings is 1. The van der Waals surface area contributed by atoms with E-state index in [0.29, 0.717) is 11.3 Å². The molecule has 0 bridgehead atoms. The Kier molecular flexibility index (Phi) is 3.19. The Hall–Kier alpha value is -2.78. The fourth-order valence-corrected chi connectivity index (χ4v) is 5.26. The molecule has 0 saturated carbocycles. The number of carbonyl (C=O) groups is 2. The van der Waals surface area contributed by atoms with Gasteiger partial charge in [0.25, 0.3) is 5.91 Å². The Balaban J connectivity index is 1.47. The lowest BCUT2D eigenvalue weighted by Crippen LogP contribution is -2.50. The fourth-order valence-electron chi connectivity index (χ4n) is 3.10. The maximum Gasteiger partial charge on any atom is 0.512 e. The Labute approximate surface area is 155 Å². The number of hydrogen-bond donors (Lipinski definition) is 1. The molecule has 1 aromatic carbocycles. The van der Waals surface area contributed by atoms with Crippen molar-refractivity contribution in [1.82, 2.24) is 14.3 Å². The molecule has 7 nitrogen and oxygen atoms in total. The second-order valence-electron chi connectivity index (χ2n) is 5.98. The van der Waals surface area contributed by atoms with Crippen LogP contribution in [0.25, 0.3) is 21.3 Å². The summed E-state index contributed by atoms with van der Waals surface area (Å²) in [5.74, 6) is -0.203. The first-order valence-electron chi connectivity index (χ1n) is 7.71. The summed E-state index contributed by atoms with van der Waals surface area (Å²) in [6.45, 7) is 2.06. The monoisotopic (exact) mass is 385 g/mol. The zero-order valence-electron chi connectivity index (χ0n) is 13.4. The van der Waals surface area contributed by atoms with Crippen molar-refractivity contribution >= 4 is 56.4 Å². The lowest BCUT2D eigenvalue weighted by atomic mass is 10.1. The Morgan fingerprint density at radius 2 is 2.27 bits per heavy atom. The van der Waals surface area contributed by atoms with E-state index in [-0.39, 0.29) is 17.2 Å². The molecule has 3 aromatic rings. The zero-order valence-corrected chi connectivity index (χ0v) is 15.0. The number of fused-ring (bicyclic) bond motifs is 4. The van der Waals surface area contributed by atoms with E-state index >= 15 is 0 Å². The number of carboxylic acid groups (broad SMARTS) is 1. The minimum absolute atomic E-state index is 0.0573. The summed E-state index contributed by atoms with van der Waals surface area (Å²) < 4.78 is 7.81. The van der Waals surface area contributed by atoms with Crippen LogP contribution in [0.15, 0.2) is 41.3 Å². The molecular formula is C17H11N3O4S2. The standard InChI is InChI=1S/C17H11N3O4S2/c1-8-2-3-11-12(4-8)26-16-18-9(6-19(11)16)5-10-14(21)20-13(24-17(22)23)7-25-15(10)20/h2-7,15H,1H3,(H,22,23)/b10-5-/t15-/m1/s1. The maximum absolute atomic E-state index is 12.3. The quantitative estimate of drug-likeness (QED) is 0.412. The van der Waals surface area contributed by atoms with Gasteiger partial charge >= 0.3 is 6.16 Å². The molecule has 4 heterocycles. The van der Waals surface area contributed by atoms with Crippen molar-refractivity contribution in [2.24, 2.45) is 0 Å². The van der Waals surface area contributed by atoms with E-state index in [0.717, 1.165) is 10.5 Å². The first kappa shape index (κ1) is 15.5. The molecule has 0 unspecified atom stereocenters. The second kappa shape index (κ2) is 5.36. The SMILES string of the molecule is Cc1ccc2c(c1)sc1nc(/C=C3/C(=O)N4C(OC(=O)O)=CS[C@H]34)cn12. The summed E-state index contributed by atoms with van der Waals surface area (Å²) in [6.07, 6.45) is 2.24. The highest BCUT2D eigenvalue weighted by atomic mass is 32.2. The van der Waals surface area contributed by atoms with Crippen molar-refractivity contribution in [2.45, 2.75) is 12.3 Å². The Morgan fingerprint density at radius 1 is 1.42 bits per heavy atom. The van der Waals surface area contributed by atoms with E-state index in [1.807, 2.05) is 10.6 Å². The van der Waals surface area contributed by atoms with E-state index < -0.39 is 6.16 Å². The van der Waals surface area contributed by atoms with Gasteiger partial charge in [-0.2, -0.15) is 0 Å². The van der Waals surface area contributed by atoms with Gasteiger partial charge in [-0.05, 0) is 30.7 Å². The molecule has 26 heavy (non-hydrogen) atoms. The number of carbonyl (C=O) groups excluding carboxylic acids is 1. The lowest BCUT2D eigenvalue weighted by Gasteiger charge is -2.36. The first-order chi connectivity index (χ1) is 12.5. The normalized spacial score (nSPS) is 20.6. The van der Waals surface area contributed by atoms with Gasteiger partial charge in [-0.3, -0.25) is 14.1 Å². The molecule has 2 aliphatic rings. The number of aromatic nitrogens is 2. The van der Waals surface area contributed by atoms with Gasteiger partial charge in [0, 0.05) is 11.6 Å². The molecule has 2 aliphatic heterocycles. The minimum atomic E-state index is -1.43. The van der Waals surface area contributed by atoms with Crippen LogP contribution in [-0.4, -0.2) is 36.8 Å². The smallest absolute Gasteiger partial charge is 0.449 e. The fraction of sp³-hybridized carbons (Fsp3) is 0.118. The van der Waals surface area contributed by atoms with Gasteiger partial charge in [0.15, 0.2) is 4.96 Å². The average molecular weight is 385 g/mol. The average Bonchev–Trinajstić information content (AvgIpc) is 3.22. The molecule has 9 heteroatoms. The number of ether oxygens (including phenoxy) is 1. The lowest BCUT2D eigenvalue weighted by molar-refractivity contribution is -0.133. The van der Waals surface area contributed by atoms with Gasteiger partial charge in [0.1, 0.15) is 5.37 Å². The number of β-lactam (4-membered cyclic amide) rings is 1. The van der Waals surface area contributed by atoms with E-state index in [9.17, 15) is 9.59 Å². The van der Waals surface area contributed by atoms with Crippen molar-refractivity contribution in [2.75, 3.05) is 0 Å². The van der Waals surface area contributed by atoms with E-state index in [1.54, 1.807) is 22.8 Å². The van der Waals surface area contributed by atoms with Crippen molar-refractivity contribution < 1.29 is 19.4 Å². The number of benzene rings is 1. The summed E-state index contributed by atoms with van der Waals surface area (Å²) >= 11 is 2.94. The van der Waals surface area contributed by atoms with Crippen LogP contribution >= 0.6 is 23.1 Å². The van der Waals surface area contributed by atoms with E-state index in [4.69, 9.17) is 5.11 Å². The van der Waals surface area contributed by atoms with Crippen LogP contribution in [0, 0.1) is 6.92 Å². The molecule has 0 spiro atoms. The highest BCUT2D eigenvalue weighted by Gasteiger charge is 2.49. The van der Waals surface area contributed by atoms with Crippen molar-refractivity contribution in [3.8, 4) is 0 Å². The molecular weight excluding hydrogens is 374 g/mol.